The third kappa shape index (κ3) is 3.49. The summed E-state index contributed by atoms with van der Waals surface area (Å²) >= 11 is 6.23. The molecular formula is C16H16ClN5O. The molecule has 7 heteroatoms. The van der Waals surface area contributed by atoms with E-state index in [1.807, 2.05) is 44.4 Å². The number of aromatic nitrogens is 3. The maximum Gasteiger partial charge on any atom is 0.238 e. The lowest BCUT2D eigenvalue weighted by Crippen LogP contribution is -2.27. The molecule has 1 heterocycles. The number of rotatable bonds is 4. The zero-order valence-corrected chi connectivity index (χ0v) is 13.6. The van der Waals surface area contributed by atoms with Crippen LogP contribution in [0.25, 0.3) is 16.7 Å². The fourth-order valence-corrected chi connectivity index (χ4v) is 2.39. The van der Waals surface area contributed by atoms with Crippen molar-refractivity contribution in [3.8, 4) is 5.69 Å². The number of benzene rings is 2. The van der Waals surface area contributed by atoms with Crippen LogP contribution in [0.15, 0.2) is 42.5 Å². The maximum atomic E-state index is 11.9. The Morgan fingerprint density at radius 3 is 2.48 bits per heavy atom. The molecule has 1 N–H and O–H groups in total. The van der Waals surface area contributed by atoms with Gasteiger partial charge in [0.05, 0.1) is 22.9 Å². The van der Waals surface area contributed by atoms with Gasteiger partial charge in [0.25, 0.3) is 0 Å². The fourth-order valence-electron chi connectivity index (χ4n) is 2.19. The lowest BCUT2D eigenvalue weighted by molar-refractivity contribution is -0.116. The average molecular weight is 330 g/mol. The molecule has 0 radical (unpaired) electrons. The highest BCUT2D eigenvalue weighted by Gasteiger charge is 2.12. The number of para-hydroxylation sites is 1. The smallest absolute Gasteiger partial charge is 0.238 e. The quantitative estimate of drug-likeness (QED) is 0.799. The molecular weight excluding hydrogens is 314 g/mol. The van der Waals surface area contributed by atoms with E-state index < -0.39 is 0 Å². The Morgan fingerprint density at radius 2 is 1.83 bits per heavy atom. The zero-order chi connectivity index (χ0) is 16.4. The summed E-state index contributed by atoms with van der Waals surface area (Å²) in [5, 5.41) is 12.1. The van der Waals surface area contributed by atoms with E-state index in [1.165, 1.54) is 0 Å². The van der Waals surface area contributed by atoms with E-state index in [0.29, 0.717) is 21.7 Å². The van der Waals surface area contributed by atoms with Gasteiger partial charge in [0.15, 0.2) is 0 Å². The number of carbonyl (C=O) groups is 1. The number of likely N-dealkylation sites (N-methyl/N-ethyl adjacent to an activating group) is 1. The van der Waals surface area contributed by atoms with E-state index in [1.54, 1.807) is 21.8 Å². The van der Waals surface area contributed by atoms with Crippen molar-refractivity contribution in [1.29, 1.82) is 0 Å². The molecule has 0 aliphatic rings. The Labute approximate surface area is 138 Å². The van der Waals surface area contributed by atoms with E-state index in [0.717, 1.165) is 5.69 Å². The first-order chi connectivity index (χ1) is 11.0. The van der Waals surface area contributed by atoms with Crippen molar-refractivity contribution in [2.45, 2.75) is 0 Å². The summed E-state index contributed by atoms with van der Waals surface area (Å²) in [6.45, 7) is 0.283. The van der Waals surface area contributed by atoms with E-state index in [4.69, 9.17) is 11.6 Å². The molecule has 0 spiro atoms. The number of carbonyl (C=O) groups excluding carboxylic acids is 1. The lowest BCUT2D eigenvalue weighted by atomic mass is 10.2. The van der Waals surface area contributed by atoms with Crippen molar-refractivity contribution in [3.63, 3.8) is 0 Å². The van der Waals surface area contributed by atoms with Crippen molar-refractivity contribution < 1.29 is 4.79 Å². The second kappa shape index (κ2) is 6.36. The van der Waals surface area contributed by atoms with Crippen LogP contribution in [-0.2, 0) is 4.79 Å². The number of nitrogens with zero attached hydrogens (tertiary/aromatic N) is 4. The highest BCUT2D eigenvalue weighted by molar-refractivity contribution is 6.34. The monoisotopic (exact) mass is 329 g/mol. The molecule has 1 aromatic heterocycles. The van der Waals surface area contributed by atoms with Crippen LogP contribution in [0.1, 0.15) is 0 Å². The van der Waals surface area contributed by atoms with Gasteiger partial charge in [-0.1, -0.05) is 29.8 Å². The summed E-state index contributed by atoms with van der Waals surface area (Å²) in [6.07, 6.45) is 0. The molecule has 6 nitrogen and oxygen atoms in total. The third-order valence-corrected chi connectivity index (χ3v) is 3.50. The zero-order valence-electron chi connectivity index (χ0n) is 12.8. The molecule has 2 aromatic carbocycles. The average Bonchev–Trinajstić information content (AvgIpc) is 2.90. The molecule has 0 bridgehead atoms. The van der Waals surface area contributed by atoms with Gasteiger partial charge in [-0.3, -0.25) is 4.79 Å². The Balaban J connectivity index is 1.93. The van der Waals surface area contributed by atoms with Crippen LogP contribution in [0, 0.1) is 0 Å². The predicted octanol–water partition coefficient (Wildman–Crippen LogP) is 2.57. The van der Waals surface area contributed by atoms with Crippen LogP contribution in [0.3, 0.4) is 0 Å². The normalized spacial score (nSPS) is 11.1. The molecule has 0 atom stereocenters. The molecule has 0 fully saturated rings. The minimum atomic E-state index is -0.133. The molecule has 0 saturated heterocycles. The SMILES string of the molecule is CN(C)CC(=O)Nc1cc2nn(-c3ccccc3)nc2cc1Cl. The molecule has 3 aromatic rings. The van der Waals surface area contributed by atoms with Crippen molar-refractivity contribution >= 4 is 34.2 Å². The molecule has 3 rings (SSSR count). The van der Waals surface area contributed by atoms with Crippen molar-refractivity contribution in [2.24, 2.45) is 0 Å². The molecule has 0 saturated carbocycles. The summed E-state index contributed by atoms with van der Waals surface area (Å²) in [5.74, 6) is -0.133. The molecule has 0 aliphatic heterocycles. The topological polar surface area (TPSA) is 63.1 Å². The Hall–Kier alpha value is -2.44. The summed E-state index contributed by atoms with van der Waals surface area (Å²) in [7, 11) is 3.66. The van der Waals surface area contributed by atoms with E-state index in [9.17, 15) is 4.79 Å². The van der Waals surface area contributed by atoms with Crippen LogP contribution in [0.4, 0.5) is 5.69 Å². The molecule has 23 heavy (non-hydrogen) atoms. The van der Waals surface area contributed by atoms with Gasteiger partial charge in [0, 0.05) is 0 Å². The highest BCUT2D eigenvalue weighted by Crippen LogP contribution is 2.26. The van der Waals surface area contributed by atoms with Gasteiger partial charge < -0.3 is 10.2 Å². The number of anilines is 1. The largest absolute Gasteiger partial charge is 0.324 e. The van der Waals surface area contributed by atoms with Crippen LogP contribution in [0.2, 0.25) is 5.02 Å². The molecule has 1 amide bonds. The second-order valence-electron chi connectivity index (χ2n) is 5.43. The third-order valence-electron chi connectivity index (χ3n) is 3.19. The number of halogens is 1. The van der Waals surface area contributed by atoms with E-state index >= 15 is 0 Å². The van der Waals surface area contributed by atoms with Gasteiger partial charge in [-0.25, -0.2) is 0 Å². The van der Waals surface area contributed by atoms with Gasteiger partial charge >= 0.3 is 0 Å². The second-order valence-corrected chi connectivity index (χ2v) is 5.84. The van der Waals surface area contributed by atoms with Crippen LogP contribution >= 0.6 is 11.6 Å². The highest BCUT2D eigenvalue weighted by atomic mass is 35.5. The van der Waals surface area contributed by atoms with Crippen LogP contribution < -0.4 is 5.32 Å². The minimum absolute atomic E-state index is 0.133. The van der Waals surface area contributed by atoms with Crippen LogP contribution in [0.5, 0.6) is 0 Å². The summed E-state index contributed by atoms with van der Waals surface area (Å²) in [4.78, 5) is 15.2. The van der Waals surface area contributed by atoms with Gasteiger partial charge in [-0.15, -0.1) is 10.2 Å². The van der Waals surface area contributed by atoms with E-state index in [2.05, 4.69) is 15.5 Å². The minimum Gasteiger partial charge on any atom is -0.324 e. The van der Waals surface area contributed by atoms with Crippen molar-refractivity contribution in [3.05, 3.63) is 47.5 Å². The van der Waals surface area contributed by atoms with Gasteiger partial charge in [-0.2, -0.15) is 4.80 Å². The summed E-state index contributed by atoms with van der Waals surface area (Å²) < 4.78 is 0. The summed E-state index contributed by atoms with van der Waals surface area (Å²) in [6, 6.07) is 13.0. The van der Waals surface area contributed by atoms with E-state index in [-0.39, 0.29) is 12.5 Å². The first-order valence-corrected chi connectivity index (χ1v) is 7.47. The van der Waals surface area contributed by atoms with Crippen molar-refractivity contribution in [1.82, 2.24) is 19.9 Å². The number of hydrogen-bond acceptors (Lipinski definition) is 4. The number of amides is 1. The van der Waals surface area contributed by atoms with Crippen molar-refractivity contribution in [2.75, 3.05) is 26.0 Å². The Bertz CT molecular complexity index is 844. The summed E-state index contributed by atoms with van der Waals surface area (Å²) in [5.41, 5.74) is 2.73. The lowest BCUT2D eigenvalue weighted by Gasteiger charge is -2.10. The first kappa shape index (κ1) is 15.5. The predicted molar refractivity (Wildman–Crippen MR) is 91.1 cm³/mol. The molecule has 118 valence electrons. The maximum absolute atomic E-state index is 11.9. The molecule has 0 unspecified atom stereocenters. The fraction of sp³-hybridized carbons (Fsp3) is 0.188. The standard InChI is InChI=1S/C16H16ClN5O/c1-21(2)10-16(23)18-13-9-15-14(8-12(13)17)19-22(20-15)11-6-4-3-5-7-11/h3-9H,10H2,1-2H3,(H,18,23). The van der Waals surface area contributed by atoms with Crippen LogP contribution in [-0.4, -0.2) is 46.4 Å². The number of nitrogens with one attached hydrogen (secondary N) is 1. The van der Waals surface area contributed by atoms with Gasteiger partial charge in [0.1, 0.15) is 11.0 Å². The number of hydrogen-bond donors (Lipinski definition) is 1. The van der Waals surface area contributed by atoms with Gasteiger partial charge in [-0.05, 0) is 38.4 Å². The Kier molecular flexibility index (Phi) is 4.27. The van der Waals surface area contributed by atoms with Gasteiger partial charge in [0.2, 0.25) is 5.91 Å². The number of fused-ring (bicyclic) bond motifs is 1. The first-order valence-electron chi connectivity index (χ1n) is 7.09. The Morgan fingerprint density at radius 1 is 1.17 bits per heavy atom. The molecule has 0 aliphatic carbocycles.